The highest BCUT2D eigenvalue weighted by Crippen LogP contribution is 2.29. The number of benzene rings is 2. The summed E-state index contributed by atoms with van der Waals surface area (Å²) < 4.78 is 13.5. The maximum absolute atomic E-state index is 13.1. The minimum Gasteiger partial charge on any atom is -0.456 e. The second-order valence-electron chi connectivity index (χ2n) is 11.4. The van der Waals surface area contributed by atoms with E-state index >= 15 is 0 Å². The Bertz CT molecular complexity index is 1350. The number of halogens is 2. The molecule has 2 atom stereocenters. The Hall–Kier alpha value is -2.64. The molecule has 4 rings (SSSR count). The summed E-state index contributed by atoms with van der Waals surface area (Å²) in [5, 5.41) is 0.568. The summed E-state index contributed by atoms with van der Waals surface area (Å²) in [4.78, 5) is 27.7. The Labute approximate surface area is 246 Å². The van der Waals surface area contributed by atoms with Gasteiger partial charge in [0.1, 0.15) is 10.6 Å². The molecule has 0 aliphatic heterocycles. The van der Waals surface area contributed by atoms with Gasteiger partial charge in [0, 0.05) is 19.1 Å². The first-order valence-corrected chi connectivity index (χ1v) is 14.5. The molecule has 1 fully saturated rings. The number of rotatable bonds is 10. The van der Waals surface area contributed by atoms with Crippen molar-refractivity contribution < 1.29 is 14.3 Å². The number of carbonyl (C=O) groups excluding carboxylic acids is 1. The Kier molecular flexibility index (Phi) is 10.1. The number of hydrogen-bond donors (Lipinski definition) is 0. The summed E-state index contributed by atoms with van der Waals surface area (Å²) >= 11 is 12.9. The fourth-order valence-electron chi connectivity index (χ4n) is 5.16. The van der Waals surface area contributed by atoms with E-state index in [4.69, 9.17) is 32.7 Å². The molecule has 1 aliphatic rings. The zero-order chi connectivity index (χ0) is 28.9. The summed E-state index contributed by atoms with van der Waals surface area (Å²) in [5.74, 6) is -0.361. The summed E-state index contributed by atoms with van der Waals surface area (Å²) in [5.41, 5.74) is 2.55. The topological polar surface area (TPSA) is 60.8 Å². The lowest BCUT2D eigenvalue weighted by Crippen LogP contribution is -2.40. The summed E-state index contributed by atoms with van der Waals surface area (Å²) in [6.07, 6.45) is 3.81. The fourth-order valence-corrected chi connectivity index (χ4v) is 5.69. The maximum atomic E-state index is 13.1. The molecule has 40 heavy (non-hydrogen) atoms. The van der Waals surface area contributed by atoms with Gasteiger partial charge in [0.05, 0.1) is 29.0 Å². The molecule has 8 heteroatoms. The van der Waals surface area contributed by atoms with Crippen LogP contribution in [0.3, 0.4) is 0 Å². The zero-order valence-electron chi connectivity index (χ0n) is 23.7. The number of esters is 1. The van der Waals surface area contributed by atoms with E-state index in [2.05, 4.69) is 24.1 Å². The van der Waals surface area contributed by atoms with Gasteiger partial charge >= 0.3 is 5.97 Å². The third-order valence-corrected chi connectivity index (χ3v) is 7.80. The van der Waals surface area contributed by atoms with Crippen molar-refractivity contribution in [3.8, 4) is 0 Å². The molecule has 0 radical (unpaired) electrons. The van der Waals surface area contributed by atoms with Gasteiger partial charge in [-0.05, 0) is 82.8 Å². The number of aromatic nitrogens is 1. The second-order valence-corrected chi connectivity index (χ2v) is 12.3. The van der Waals surface area contributed by atoms with Crippen molar-refractivity contribution in [1.29, 1.82) is 0 Å². The average Bonchev–Trinajstić information content (AvgIpc) is 3.39. The standard InChI is InChI=1S/C32H38Cl2N2O4/c1-32(2,3)40-31(38)24-15-13-22(14-16-24)17-18-36-28(25(33)19-26(34)30(36)37)20-35(4)27-11-8-12-29(27)39-21-23-9-6-5-7-10-23/h5-7,9-10,13-16,19,27,29H,8,11-12,17-18,20-21H2,1-4H3/t27-,29-/m1/s1. The molecule has 6 nitrogen and oxygen atoms in total. The monoisotopic (exact) mass is 584 g/mol. The molecule has 1 aliphatic carbocycles. The molecule has 3 aromatic rings. The minimum atomic E-state index is -0.557. The third-order valence-electron chi connectivity index (χ3n) is 7.21. The molecule has 0 N–H and O–H groups in total. The van der Waals surface area contributed by atoms with Crippen molar-refractivity contribution in [2.75, 3.05) is 7.05 Å². The average molecular weight is 586 g/mol. The number of pyridine rings is 1. The van der Waals surface area contributed by atoms with Crippen LogP contribution in [-0.4, -0.2) is 40.2 Å². The van der Waals surface area contributed by atoms with Gasteiger partial charge in [-0.15, -0.1) is 0 Å². The van der Waals surface area contributed by atoms with Crippen LogP contribution in [0.15, 0.2) is 65.5 Å². The van der Waals surface area contributed by atoms with Crippen LogP contribution in [0.4, 0.5) is 0 Å². The van der Waals surface area contributed by atoms with Gasteiger partial charge in [-0.25, -0.2) is 4.79 Å². The van der Waals surface area contributed by atoms with Crippen molar-refractivity contribution in [3.05, 3.63) is 103 Å². The Morgan fingerprint density at radius 2 is 1.70 bits per heavy atom. The minimum absolute atomic E-state index is 0.0987. The van der Waals surface area contributed by atoms with E-state index in [0.717, 1.165) is 36.1 Å². The van der Waals surface area contributed by atoms with Crippen LogP contribution in [0.5, 0.6) is 0 Å². The highest BCUT2D eigenvalue weighted by atomic mass is 35.5. The van der Waals surface area contributed by atoms with Crippen LogP contribution >= 0.6 is 23.2 Å². The van der Waals surface area contributed by atoms with E-state index in [1.807, 2.05) is 51.1 Å². The maximum Gasteiger partial charge on any atom is 0.338 e. The van der Waals surface area contributed by atoms with Gasteiger partial charge < -0.3 is 14.0 Å². The molecule has 0 amide bonds. The van der Waals surface area contributed by atoms with Crippen LogP contribution in [-0.2, 0) is 35.6 Å². The van der Waals surface area contributed by atoms with Gasteiger partial charge in [0.15, 0.2) is 0 Å². The van der Waals surface area contributed by atoms with Gasteiger partial charge in [-0.3, -0.25) is 9.69 Å². The van der Waals surface area contributed by atoms with E-state index in [1.54, 1.807) is 22.8 Å². The highest BCUT2D eigenvalue weighted by molar-refractivity contribution is 6.34. The van der Waals surface area contributed by atoms with Crippen molar-refractivity contribution in [3.63, 3.8) is 0 Å². The Morgan fingerprint density at radius 3 is 2.38 bits per heavy atom. The molecule has 0 spiro atoms. The molecule has 1 aromatic heterocycles. The van der Waals surface area contributed by atoms with Crippen LogP contribution in [0.25, 0.3) is 0 Å². The predicted molar refractivity (Wildman–Crippen MR) is 160 cm³/mol. The largest absolute Gasteiger partial charge is 0.456 e. The molecule has 2 aromatic carbocycles. The molecule has 0 saturated heterocycles. The van der Waals surface area contributed by atoms with Crippen LogP contribution < -0.4 is 5.56 Å². The Morgan fingerprint density at radius 1 is 1.00 bits per heavy atom. The smallest absolute Gasteiger partial charge is 0.338 e. The second kappa shape index (κ2) is 13.3. The molecule has 1 saturated carbocycles. The van der Waals surface area contributed by atoms with Gasteiger partial charge in [-0.2, -0.15) is 0 Å². The quantitative estimate of drug-likeness (QED) is 0.242. The van der Waals surface area contributed by atoms with Crippen molar-refractivity contribution >= 4 is 29.2 Å². The SMILES string of the molecule is CN(Cc1c(Cl)cc(Cl)c(=O)n1CCc1ccc(C(=O)OC(C)(C)C)cc1)[C@@H]1CCC[C@H]1OCc1ccccc1. The fraction of sp³-hybridized carbons (Fsp3) is 0.438. The summed E-state index contributed by atoms with van der Waals surface area (Å²) in [7, 11) is 2.06. The van der Waals surface area contributed by atoms with E-state index in [-0.39, 0.29) is 28.7 Å². The normalized spacial score (nSPS) is 17.4. The number of carbonyl (C=O) groups is 1. The van der Waals surface area contributed by atoms with E-state index < -0.39 is 5.60 Å². The number of nitrogens with zero attached hydrogens (tertiary/aromatic N) is 2. The van der Waals surface area contributed by atoms with Crippen molar-refractivity contribution in [1.82, 2.24) is 9.47 Å². The first-order valence-electron chi connectivity index (χ1n) is 13.8. The molecular formula is C32H38Cl2N2O4. The number of ether oxygens (including phenoxy) is 2. The molecule has 1 heterocycles. The zero-order valence-corrected chi connectivity index (χ0v) is 25.2. The molecular weight excluding hydrogens is 547 g/mol. The lowest BCUT2D eigenvalue weighted by Gasteiger charge is -2.31. The first kappa shape index (κ1) is 30.3. The number of likely N-dealkylation sites (N-methyl/N-ethyl adjacent to an activating group) is 1. The Balaban J connectivity index is 1.45. The number of hydrogen-bond acceptors (Lipinski definition) is 5. The van der Waals surface area contributed by atoms with E-state index in [9.17, 15) is 9.59 Å². The van der Waals surface area contributed by atoms with Gasteiger partial charge in [0.25, 0.3) is 5.56 Å². The lowest BCUT2D eigenvalue weighted by molar-refractivity contribution is -0.00390. The predicted octanol–water partition coefficient (Wildman–Crippen LogP) is 6.92. The van der Waals surface area contributed by atoms with E-state index in [0.29, 0.717) is 36.7 Å². The van der Waals surface area contributed by atoms with Gasteiger partial charge in [0.2, 0.25) is 0 Å². The molecule has 0 bridgehead atoms. The van der Waals surface area contributed by atoms with Gasteiger partial charge in [-0.1, -0.05) is 65.7 Å². The van der Waals surface area contributed by atoms with E-state index in [1.165, 1.54) is 0 Å². The van der Waals surface area contributed by atoms with Crippen LogP contribution in [0.1, 0.15) is 67.2 Å². The first-order chi connectivity index (χ1) is 19.0. The lowest BCUT2D eigenvalue weighted by atomic mass is 10.1. The third kappa shape index (κ3) is 7.97. The van der Waals surface area contributed by atoms with Crippen molar-refractivity contribution in [2.45, 2.75) is 83.9 Å². The van der Waals surface area contributed by atoms with Crippen LogP contribution in [0.2, 0.25) is 10.0 Å². The summed E-state index contributed by atoms with van der Waals surface area (Å²) in [6.45, 7) is 7.01. The van der Waals surface area contributed by atoms with Crippen LogP contribution in [0, 0.1) is 0 Å². The summed E-state index contributed by atoms with van der Waals surface area (Å²) in [6, 6.07) is 19.2. The molecule has 214 valence electrons. The van der Waals surface area contributed by atoms with Crippen molar-refractivity contribution in [2.24, 2.45) is 0 Å². The molecule has 0 unspecified atom stereocenters. The highest BCUT2D eigenvalue weighted by Gasteiger charge is 2.32. The number of aryl methyl sites for hydroxylation is 1.